The molecule has 3 rings (SSSR count). The van der Waals surface area contributed by atoms with Crippen LogP contribution in [-0.2, 0) is 10.1 Å². The van der Waals surface area contributed by atoms with Gasteiger partial charge in [-0.2, -0.15) is 13.5 Å². The average Bonchev–Trinajstić information content (AvgIpc) is 2.67. The lowest BCUT2D eigenvalue weighted by atomic mass is 9.98. The highest BCUT2D eigenvalue weighted by Crippen LogP contribution is 2.27. The van der Waals surface area contributed by atoms with E-state index >= 15 is 0 Å². The molecule has 1 heterocycles. The van der Waals surface area contributed by atoms with Crippen molar-refractivity contribution in [2.24, 2.45) is 16.9 Å². The first kappa shape index (κ1) is 21.3. The Morgan fingerprint density at radius 2 is 1.93 bits per heavy atom. The van der Waals surface area contributed by atoms with Gasteiger partial charge in [-0.1, -0.05) is 17.7 Å². The standard InChI is InChI=1S/C20H24ClN3O4S/c1-15-9-18(27-13-16-5-7-24(8-6-16)14-23-22)12-19(10-15)28-29(25,26)20-4-2-3-17(21)11-20/h2-4,9-12,14,16H,5-8,13,22H2,1H3. The fraction of sp³-hybridized carbons (Fsp3) is 0.350. The van der Waals surface area contributed by atoms with Gasteiger partial charge in [0.15, 0.2) is 0 Å². The van der Waals surface area contributed by atoms with E-state index in [9.17, 15) is 8.42 Å². The zero-order chi connectivity index (χ0) is 20.9. The maximum absolute atomic E-state index is 12.5. The van der Waals surface area contributed by atoms with Gasteiger partial charge in [-0.05, 0) is 61.6 Å². The third-order valence-electron chi connectivity index (χ3n) is 4.68. The molecule has 156 valence electrons. The lowest BCUT2D eigenvalue weighted by Crippen LogP contribution is -2.34. The van der Waals surface area contributed by atoms with Crippen LogP contribution in [0.2, 0.25) is 5.02 Å². The summed E-state index contributed by atoms with van der Waals surface area (Å²) in [6.45, 7) is 4.18. The molecule has 0 amide bonds. The molecule has 7 nitrogen and oxygen atoms in total. The number of nitrogens with zero attached hydrogens (tertiary/aromatic N) is 2. The molecule has 0 spiro atoms. The highest BCUT2D eigenvalue weighted by atomic mass is 35.5. The summed E-state index contributed by atoms with van der Waals surface area (Å²) in [4.78, 5) is 2.08. The van der Waals surface area contributed by atoms with Crippen LogP contribution in [0, 0.1) is 12.8 Å². The van der Waals surface area contributed by atoms with Gasteiger partial charge in [-0.15, -0.1) is 0 Å². The molecule has 0 bridgehead atoms. The SMILES string of the molecule is Cc1cc(OCC2CCN(C=NN)CC2)cc(OS(=O)(=O)c2cccc(Cl)c2)c1. The Balaban J connectivity index is 1.64. The van der Waals surface area contributed by atoms with Gasteiger partial charge in [-0.3, -0.25) is 0 Å². The molecule has 1 saturated heterocycles. The van der Waals surface area contributed by atoms with Crippen molar-refractivity contribution in [3.05, 3.63) is 53.1 Å². The summed E-state index contributed by atoms with van der Waals surface area (Å²) < 4.78 is 36.3. The molecule has 2 aromatic carbocycles. The number of hydrogen-bond acceptors (Lipinski definition) is 6. The van der Waals surface area contributed by atoms with E-state index in [0.717, 1.165) is 31.5 Å². The number of likely N-dealkylation sites (tertiary alicyclic amines) is 1. The Morgan fingerprint density at radius 1 is 1.21 bits per heavy atom. The third-order valence-corrected chi connectivity index (χ3v) is 6.16. The normalized spacial score (nSPS) is 15.6. The zero-order valence-corrected chi connectivity index (χ0v) is 17.7. The van der Waals surface area contributed by atoms with Gasteiger partial charge in [0.25, 0.3) is 0 Å². The van der Waals surface area contributed by atoms with Crippen molar-refractivity contribution >= 4 is 28.1 Å². The van der Waals surface area contributed by atoms with E-state index in [0.29, 0.717) is 23.3 Å². The van der Waals surface area contributed by atoms with Crippen molar-refractivity contribution in [1.82, 2.24) is 4.90 Å². The first-order chi connectivity index (χ1) is 13.9. The molecule has 29 heavy (non-hydrogen) atoms. The number of nitrogens with two attached hydrogens (primary N) is 1. The van der Waals surface area contributed by atoms with Gasteiger partial charge in [0, 0.05) is 24.2 Å². The van der Waals surface area contributed by atoms with Crippen molar-refractivity contribution in [2.45, 2.75) is 24.7 Å². The molecular formula is C20H24ClN3O4S. The molecule has 9 heteroatoms. The zero-order valence-electron chi connectivity index (χ0n) is 16.1. The lowest BCUT2D eigenvalue weighted by Gasteiger charge is -2.30. The Hall–Kier alpha value is -2.45. The van der Waals surface area contributed by atoms with E-state index in [1.165, 1.54) is 12.1 Å². The van der Waals surface area contributed by atoms with Gasteiger partial charge in [0.2, 0.25) is 0 Å². The molecule has 0 aromatic heterocycles. The van der Waals surface area contributed by atoms with Crippen LogP contribution in [0.5, 0.6) is 11.5 Å². The molecule has 2 aromatic rings. The summed E-state index contributed by atoms with van der Waals surface area (Å²) in [6, 6.07) is 11.1. The molecule has 0 atom stereocenters. The van der Waals surface area contributed by atoms with Gasteiger partial charge in [0.05, 0.1) is 6.61 Å². The minimum Gasteiger partial charge on any atom is -0.493 e. The Bertz CT molecular complexity index is 973. The van der Waals surface area contributed by atoms with Crippen LogP contribution in [0.25, 0.3) is 0 Å². The summed E-state index contributed by atoms with van der Waals surface area (Å²) in [5, 5.41) is 3.88. The number of halogens is 1. The maximum Gasteiger partial charge on any atom is 0.339 e. The van der Waals surface area contributed by atoms with Crippen molar-refractivity contribution in [2.75, 3.05) is 19.7 Å². The minimum atomic E-state index is -3.98. The lowest BCUT2D eigenvalue weighted by molar-refractivity contribution is 0.183. The van der Waals surface area contributed by atoms with Crippen molar-refractivity contribution in [3.63, 3.8) is 0 Å². The second-order valence-corrected chi connectivity index (χ2v) is 9.01. The predicted octanol–water partition coefficient (Wildman–Crippen LogP) is 3.41. The quantitative estimate of drug-likeness (QED) is 0.234. The van der Waals surface area contributed by atoms with E-state index in [4.69, 9.17) is 26.4 Å². The van der Waals surface area contributed by atoms with Crippen LogP contribution < -0.4 is 14.8 Å². The minimum absolute atomic E-state index is 0.00162. The summed E-state index contributed by atoms with van der Waals surface area (Å²) >= 11 is 5.89. The largest absolute Gasteiger partial charge is 0.493 e. The van der Waals surface area contributed by atoms with Gasteiger partial charge >= 0.3 is 10.1 Å². The number of ether oxygens (including phenoxy) is 1. The van der Waals surface area contributed by atoms with E-state index in [-0.39, 0.29) is 10.6 Å². The maximum atomic E-state index is 12.5. The molecule has 1 aliphatic heterocycles. The molecule has 0 saturated carbocycles. The fourth-order valence-electron chi connectivity index (χ4n) is 3.19. The first-order valence-electron chi connectivity index (χ1n) is 9.28. The molecular weight excluding hydrogens is 414 g/mol. The van der Waals surface area contributed by atoms with Crippen molar-refractivity contribution < 1.29 is 17.3 Å². The van der Waals surface area contributed by atoms with Gasteiger partial charge in [0.1, 0.15) is 22.7 Å². The number of hydrazone groups is 1. The molecule has 0 unspecified atom stereocenters. The van der Waals surface area contributed by atoms with Crippen LogP contribution in [0.4, 0.5) is 0 Å². The summed E-state index contributed by atoms with van der Waals surface area (Å²) in [7, 11) is -3.98. The number of rotatable bonds is 7. The molecule has 0 radical (unpaired) electrons. The first-order valence-corrected chi connectivity index (χ1v) is 11.1. The smallest absolute Gasteiger partial charge is 0.339 e. The summed E-state index contributed by atoms with van der Waals surface area (Å²) in [6.07, 6.45) is 3.61. The number of hydrogen-bond donors (Lipinski definition) is 1. The van der Waals surface area contributed by atoms with Crippen LogP contribution in [0.1, 0.15) is 18.4 Å². The Kier molecular flexibility index (Phi) is 6.87. The van der Waals surface area contributed by atoms with Crippen molar-refractivity contribution in [1.29, 1.82) is 0 Å². The second-order valence-electron chi connectivity index (χ2n) is 7.03. The van der Waals surface area contributed by atoms with Crippen molar-refractivity contribution in [3.8, 4) is 11.5 Å². The van der Waals surface area contributed by atoms with Gasteiger partial charge in [-0.25, -0.2) is 0 Å². The highest BCUT2D eigenvalue weighted by molar-refractivity contribution is 7.87. The fourth-order valence-corrected chi connectivity index (χ4v) is 4.40. The Labute approximate surface area is 176 Å². The topological polar surface area (TPSA) is 94.2 Å². The highest BCUT2D eigenvalue weighted by Gasteiger charge is 2.20. The summed E-state index contributed by atoms with van der Waals surface area (Å²) in [5.74, 6) is 6.38. The number of aryl methyl sites for hydroxylation is 1. The summed E-state index contributed by atoms with van der Waals surface area (Å²) in [5.41, 5.74) is 0.841. The van der Waals surface area contributed by atoms with Crippen LogP contribution >= 0.6 is 11.6 Å². The van der Waals surface area contributed by atoms with E-state index in [1.807, 2.05) is 13.0 Å². The average molecular weight is 438 g/mol. The Morgan fingerprint density at radius 3 is 2.62 bits per heavy atom. The van der Waals surface area contributed by atoms with E-state index in [1.54, 1.807) is 30.6 Å². The molecule has 1 aliphatic rings. The van der Waals surface area contributed by atoms with Gasteiger partial charge < -0.3 is 19.7 Å². The molecule has 0 aliphatic carbocycles. The number of benzene rings is 2. The van der Waals surface area contributed by atoms with Crippen LogP contribution in [-0.4, -0.2) is 39.4 Å². The predicted molar refractivity (Wildman–Crippen MR) is 113 cm³/mol. The van der Waals surface area contributed by atoms with E-state index < -0.39 is 10.1 Å². The van der Waals surface area contributed by atoms with Crippen LogP contribution in [0.3, 0.4) is 0 Å². The van der Waals surface area contributed by atoms with Crippen LogP contribution in [0.15, 0.2) is 52.5 Å². The molecule has 1 fully saturated rings. The number of piperidine rings is 1. The van der Waals surface area contributed by atoms with E-state index in [2.05, 4.69) is 10.0 Å². The monoisotopic (exact) mass is 437 g/mol. The molecule has 2 N–H and O–H groups in total. The third kappa shape index (κ3) is 6.01. The second kappa shape index (κ2) is 9.37.